The smallest absolute Gasteiger partial charge is 0.111 e. The Labute approximate surface area is 91.0 Å². The Bertz CT molecular complexity index is 317. The molecule has 1 rings (SSSR count). The van der Waals surface area contributed by atoms with Crippen molar-refractivity contribution in [1.29, 1.82) is 0 Å². The molecule has 0 amide bonds. The van der Waals surface area contributed by atoms with E-state index in [1.807, 2.05) is 42.5 Å². The first-order valence-electron chi connectivity index (χ1n) is 5.28. The van der Waals surface area contributed by atoms with E-state index in [2.05, 4.69) is 19.0 Å². The van der Waals surface area contributed by atoms with Crippen molar-refractivity contribution in [3.8, 4) is 0 Å². The van der Waals surface area contributed by atoms with E-state index in [-0.39, 0.29) is 6.04 Å². The number of benzene rings is 1. The summed E-state index contributed by atoms with van der Waals surface area (Å²) in [6, 6.07) is 9.74. The Hall–Kier alpha value is -1.44. The van der Waals surface area contributed by atoms with Crippen molar-refractivity contribution in [3.05, 3.63) is 46.9 Å². The van der Waals surface area contributed by atoms with Gasteiger partial charge in [-0.05, 0) is 17.9 Å². The van der Waals surface area contributed by atoms with Crippen molar-refractivity contribution in [3.63, 3.8) is 0 Å². The van der Waals surface area contributed by atoms with Gasteiger partial charge in [0.05, 0.1) is 0 Å². The number of hydrogen-bond donors (Lipinski definition) is 0. The van der Waals surface area contributed by atoms with Gasteiger partial charge in [-0.2, -0.15) is 4.91 Å². The highest BCUT2D eigenvalue weighted by Gasteiger charge is 2.06. The Balaban J connectivity index is 2.59. The van der Waals surface area contributed by atoms with Crippen molar-refractivity contribution in [2.24, 2.45) is 11.1 Å². The molecular weight excluding hydrogens is 186 g/mol. The maximum absolute atomic E-state index is 10.6. The van der Waals surface area contributed by atoms with Gasteiger partial charge in [-0.15, -0.1) is 0 Å². The van der Waals surface area contributed by atoms with Crippen LogP contribution in [-0.2, 0) is 0 Å². The fourth-order valence-corrected chi connectivity index (χ4v) is 1.43. The highest BCUT2D eigenvalue weighted by atomic mass is 16.3. The molecule has 0 N–H and O–H groups in total. The van der Waals surface area contributed by atoms with Gasteiger partial charge < -0.3 is 0 Å². The SMILES string of the molecule is CC(C)CC(C=Cc1ccccc1)N=O. The van der Waals surface area contributed by atoms with Crippen molar-refractivity contribution in [1.82, 2.24) is 0 Å². The highest BCUT2D eigenvalue weighted by Crippen LogP contribution is 2.11. The Kier molecular flexibility index (Phi) is 4.75. The molecule has 0 radical (unpaired) electrons. The molecule has 1 unspecified atom stereocenters. The highest BCUT2D eigenvalue weighted by molar-refractivity contribution is 5.49. The van der Waals surface area contributed by atoms with Crippen molar-refractivity contribution >= 4 is 6.08 Å². The monoisotopic (exact) mass is 203 g/mol. The fourth-order valence-electron chi connectivity index (χ4n) is 1.43. The van der Waals surface area contributed by atoms with Gasteiger partial charge in [0.2, 0.25) is 0 Å². The minimum absolute atomic E-state index is 0.204. The molecule has 0 saturated carbocycles. The van der Waals surface area contributed by atoms with Crippen LogP contribution in [0.4, 0.5) is 0 Å². The minimum Gasteiger partial charge on any atom is -0.150 e. The lowest BCUT2D eigenvalue weighted by Gasteiger charge is -2.06. The Morgan fingerprint density at radius 1 is 1.27 bits per heavy atom. The minimum atomic E-state index is -0.204. The molecule has 15 heavy (non-hydrogen) atoms. The molecule has 0 bridgehead atoms. The lowest BCUT2D eigenvalue weighted by Crippen LogP contribution is -2.03. The molecule has 0 aliphatic rings. The quantitative estimate of drug-likeness (QED) is 0.668. The van der Waals surface area contributed by atoms with Gasteiger partial charge >= 0.3 is 0 Å². The summed E-state index contributed by atoms with van der Waals surface area (Å²) in [7, 11) is 0. The largest absolute Gasteiger partial charge is 0.150 e. The summed E-state index contributed by atoms with van der Waals surface area (Å²) in [6.45, 7) is 4.18. The first-order valence-corrected chi connectivity index (χ1v) is 5.28. The average molecular weight is 203 g/mol. The molecule has 1 atom stereocenters. The molecule has 0 heterocycles. The van der Waals surface area contributed by atoms with Gasteiger partial charge in [0.25, 0.3) is 0 Å². The van der Waals surface area contributed by atoms with Crippen LogP contribution in [-0.4, -0.2) is 6.04 Å². The Morgan fingerprint density at radius 2 is 1.93 bits per heavy atom. The first-order chi connectivity index (χ1) is 7.22. The van der Waals surface area contributed by atoms with E-state index in [0.29, 0.717) is 5.92 Å². The summed E-state index contributed by atoms with van der Waals surface area (Å²) < 4.78 is 0. The molecule has 1 aromatic carbocycles. The third kappa shape index (κ3) is 4.54. The fraction of sp³-hybridized carbons (Fsp3) is 0.385. The zero-order valence-electron chi connectivity index (χ0n) is 9.26. The second-order valence-corrected chi connectivity index (χ2v) is 4.07. The summed E-state index contributed by atoms with van der Waals surface area (Å²) in [5, 5.41) is 3.11. The summed E-state index contributed by atoms with van der Waals surface area (Å²) in [6.07, 6.45) is 4.64. The van der Waals surface area contributed by atoms with E-state index in [4.69, 9.17) is 0 Å². The molecule has 0 aliphatic heterocycles. The zero-order chi connectivity index (χ0) is 11.1. The van der Waals surface area contributed by atoms with Gasteiger partial charge in [-0.25, -0.2) is 0 Å². The normalized spacial score (nSPS) is 13.3. The Morgan fingerprint density at radius 3 is 2.47 bits per heavy atom. The van der Waals surface area contributed by atoms with Crippen LogP contribution in [0.25, 0.3) is 6.08 Å². The van der Waals surface area contributed by atoms with Gasteiger partial charge in [-0.3, -0.25) is 0 Å². The lowest BCUT2D eigenvalue weighted by atomic mass is 10.0. The van der Waals surface area contributed by atoms with Crippen LogP contribution in [0.5, 0.6) is 0 Å². The second-order valence-electron chi connectivity index (χ2n) is 4.07. The standard InChI is InChI=1S/C13H17NO/c1-11(2)10-13(14-15)9-8-12-6-4-3-5-7-12/h3-9,11,13H,10H2,1-2H3. The molecule has 0 aliphatic carbocycles. The van der Waals surface area contributed by atoms with Crippen LogP contribution in [0, 0.1) is 10.8 Å². The number of rotatable bonds is 5. The summed E-state index contributed by atoms with van der Waals surface area (Å²) in [4.78, 5) is 10.6. The van der Waals surface area contributed by atoms with E-state index in [1.54, 1.807) is 0 Å². The molecule has 0 aromatic heterocycles. The van der Waals surface area contributed by atoms with Gasteiger partial charge in [-0.1, -0.05) is 61.5 Å². The predicted octanol–water partition coefficient (Wildman–Crippen LogP) is 3.88. The van der Waals surface area contributed by atoms with E-state index in [0.717, 1.165) is 12.0 Å². The number of nitrogens with zero attached hydrogens (tertiary/aromatic N) is 1. The summed E-state index contributed by atoms with van der Waals surface area (Å²) >= 11 is 0. The maximum atomic E-state index is 10.6. The molecule has 0 fully saturated rings. The molecule has 2 nitrogen and oxygen atoms in total. The van der Waals surface area contributed by atoms with Gasteiger partial charge in [0.1, 0.15) is 6.04 Å². The third-order valence-electron chi connectivity index (χ3n) is 2.16. The molecule has 80 valence electrons. The van der Waals surface area contributed by atoms with E-state index in [1.165, 1.54) is 0 Å². The third-order valence-corrected chi connectivity index (χ3v) is 2.16. The number of nitroso groups, excluding NO2 is 1. The lowest BCUT2D eigenvalue weighted by molar-refractivity contribution is 0.546. The molecule has 0 saturated heterocycles. The van der Waals surface area contributed by atoms with Crippen molar-refractivity contribution < 1.29 is 0 Å². The average Bonchev–Trinajstić information content (AvgIpc) is 2.25. The van der Waals surface area contributed by atoms with Gasteiger partial charge in [0.15, 0.2) is 0 Å². The molecule has 1 aromatic rings. The maximum Gasteiger partial charge on any atom is 0.111 e. The first kappa shape index (κ1) is 11.6. The molecule has 2 heteroatoms. The van der Waals surface area contributed by atoms with E-state index in [9.17, 15) is 4.91 Å². The molecular formula is C13H17NO. The van der Waals surface area contributed by atoms with Crippen LogP contribution >= 0.6 is 0 Å². The van der Waals surface area contributed by atoms with Crippen molar-refractivity contribution in [2.45, 2.75) is 26.3 Å². The molecule has 0 spiro atoms. The van der Waals surface area contributed by atoms with Crippen LogP contribution in [0.2, 0.25) is 0 Å². The number of hydrogen-bond acceptors (Lipinski definition) is 2. The summed E-state index contributed by atoms with van der Waals surface area (Å²) in [5.41, 5.74) is 1.11. The predicted molar refractivity (Wildman–Crippen MR) is 64.5 cm³/mol. The van der Waals surface area contributed by atoms with E-state index < -0.39 is 0 Å². The topological polar surface area (TPSA) is 29.4 Å². The van der Waals surface area contributed by atoms with Crippen LogP contribution in [0.1, 0.15) is 25.8 Å². The van der Waals surface area contributed by atoms with Crippen LogP contribution < -0.4 is 0 Å². The summed E-state index contributed by atoms with van der Waals surface area (Å²) in [5.74, 6) is 0.494. The van der Waals surface area contributed by atoms with Crippen LogP contribution in [0.15, 0.2) is 41.6 Å². The van der Waals surface area contributed by atoms with E-state index >= 15 is 0 Å². The van der Waals surface area contributed by atoms with Gasteiger partial charge in [0, 0.05) is 0 Å². The van der Waals surface area contributed by atoms with Crippen LogP contribution in [0.3, 0.4) is 0 Å². The van der Waals surface area contributed by atoms with Crippen molar-refractivity contribution in [2.75, 3.05) is 0 Å². The zero-order valence-corrected chi connectivity index (χ0v) is 9.26. The second kappa shape index (κ2) is 6.12.